The average molecular weight is 352 g/mol. The van der Waals surface area contributed by atoms with Crippen molar-refractivity contribution in [2.75, 3.05) is 11.4 Å². The standard InChI is InChI=1S/C17H18F2N2O4/c18-10-3-1-4-11(19)14(10)21-8-5-12(15(21)23)20-13(22)9-17(16(24)25)6-2-7-17/h1,3-4,12H,2,5-9H2,(H,20,22)(H,24,25). The second kappa shape index (κ2) is 6.42. The molecule has 1 saturated carbocycles. The van der Waals surface area contributed by atoms with Crippen LogP contribution in [0.2, 0.25) is 0 Å². The number of nitrogens with one attached hydrogen (secondary N) is 1. The number of rotatable bonds is 5. The highest BCUT2D eigenvalue weighted by Crippen LogP contribution is 2.44. The number of carbonyl (C=O) groups is 3. The number of aliphatic carboxylic acids is 1. The Morgan fingerprint density at radius 2 is 1.92 bits per heavy atom. The summed E-state index contributed by atoms with van der Waals surface area (Å²) in [6.45, 7) is 0.0751. The third kappa shape index (κ3) is 3.08. The van der Waals surface area contributed by atoms with Crippen molar-refractivity contribution in [2.45, 2.75) is 38.1 Å². The van der Waals surface area contributed by atoms with Gasteiger partial charge in [0.25, 0.3) is 0 Å². The van der Waals surface area contributed by atoms with Gasteiger partial charge >= 0.3 is 5.97 Å². The van der Waals surface area contributed by atoms with Crippen molar-refractivity contribution in [3.8, 4) is 0 Å². The summed E-state index contributed by atoms with van der Waals surface area (Å²) in [5, 5.41) is 11.8. The normalized spacial score (nSPS) is 21.8. The molecular formula is C17H18F2N2O4. The molecule has 2 aliphatic rings. The monoisotopic (exact) mass is 352 g/mol. The molecule has 25 heavy (non-hydrogen) atoms. The highest BCUT2D eigenvalue weighted by molar-refractivity contribution is 6.01. The third-order valence-corrected chi connectivity index (χ3v) is 5.01. The molecule has 2 N–H and O–H groups in total. The molecule has 0 radical (unpaired) electrons. The number of benzene rings is 1. The number of amides is 2. The van der Waals surface area contributed by atoms with E-state index >= 15 is 0 Å². The summed E-state index contributed by atoms with van der Waals surface area (Å²) in [6, 6.07) is 2.42. The molecule has 1 unspecified atom stereocenters. The van der Waals surface area contributed by atoms with Crippen molar-refractivity contribution in [1.82, 2.24) is 5.32 Å². The number of carboxylic acids is 1. The third-order valence-electron chi connectivity index (χ3n) is 5.01. The van der Waals surface area contributed by atoms with Crippen LogP contribution in [0.25, 0.3) is 0 Å². The summed E-state index contributed by atoms with van der Waals surface area (Å²) in [4.78, 5) is 36.8. The topological polar surface area (TPSA) is 86.7 Å². The summed E-state index contributed by atoms with van der Waals surface area (Å²) in [7, 11) is 0. The van der Waals surface area contributed by atoms with E-state index in [2.05, 4.69) is 5.32 Å². The fourth-order valence-corrected chi connectivity index (χ4v) is 3.41. The number of hydrogen-bond donors (Lipinski definition) is 2. The number of hydrogen-bond acceptors (Lipinski definition) is 3. The predicted molar refractivity (Wildman–Crippen MR) is 83.8 cm³/mol. The van der Waals surface area contributed by atoms with Gasteiger partial charge in [0, 0.05) is 13.0 Å². The number of carbonyl (C=O) groups excluding carboxylic acids is 2. The minimum absolute atomic E-state index is 0.0751. The Hall–Kier alpha value is -2.51. The maximum Gasteiger partial charge on any atom is 0.310 e. The lowest BCUT2D eigenvalue weighted by atomic mass is 9.66. The maximum atomic E-state index is 13.8. The molecular weight excluding hydrogens is 334 g/mol. The van der Waals surface area contributed by atoms with Crippen LogP contribution in [0.5, 0.6) is 0 Å². The van der Waals surface area contributed by atoms with Gasteiger partial charge in [-0.15, -0.1) is 0 Å². The van der Waals surface area contributed by atoms with E-state index < -0.39 is 46.6 Å². The SMILES string of the molecule is O=C(CC1(C(=O)O)CCC1)NC1CCN(c2c(F)cccc2F)C1=O. The average Bonchev–Trinajstić information content (AvgIpc) is 2.84. The van der Waals surface area contributed by atoms with Crippen molar-refractivity contribution in [1.29, 1.82) is 0 Å². The van der Waals surface area contributed by atoms with E-state index in [-0.39, 0.29) is 19.4 Å². The summed E-state index contributed by atoms with van der Waals surface area (Å²) in [5.74, 6) is -3.84. The van der Waals surface area contributed by atoms with Gasteiger partial charge in [0.05, 0.1) is 5.41 Å². The second-order valence-corrected chi connectivity index (χ2v) is 6.58. The molecule has 2 fully saturated rings. The van der Waals surface area contributed by atoms with Crippen molar-refractivity contribution >= 4 is 23.5 Å². The first-order valence-electron chi connectivity index (χ1n) is 8.12. The minimum Gasteiger partial charge on any atom is -0.481 e. The molecule has 134 valence electrons. The molecule has 1 aliphatic heterocycles. The number of halogens is 2. The van der Waals surface area contributed by atoms with Crippen LogP contribution in [0.4, 0.5) is 14.5 Å². The summed E-state index contributed by atoms with van der Waals surface area (Å²) in [6.07, 6.45) is 1.63. The van der Waals surface area contributed by atoms with Crippen molar-refractivity contribution < 1.29 is 28.3 Å². The van der Waals surface area contributed by atoms with Crippen molar-refractivity contribution in [2.24, 2.45) is 5.41 Å². The molecule has 6 nitrogen and oxygen atoms in total. The second-order valence-electron chi connectivity index (χ2n) is 6.58. The Bertz CT molecular complexity index is 713. The van der Waals surface area contributed by atoms with Crippen LogP contribution in [-0.2, 0) is 14.4 Å². The molecule has 0 aromatic heterocycles. The molecule has 1 atom stereocenters. The lowest BCUT2D eigenvalue weighted by Gasteiger charge is -2.37. The minimum atomic E-state index is -1.05. The molecule has 0 spiro atoms. The van der Waals surface area contributed by atoms with E-state index in [9.17, 15) is 28.3 Å². The van der Waals surface area contributed by atoms with E-state index in [4.69, 9.17) is 0 Å². The molecule has 8 heteroatoms. The van der Waals surface area contributed by atoms with Crippen molar-refractivity contribution in [3.63, 3.8) is 0 Å². The highest BCUT2D eigenvalue weighted by atomic mass is 19.1. The fraction of sp³-hybridized carbons (Fsp3) is 0.471. The summed E-state index contributed by atoms with van der Waals surface area (Å²) < 4.78 is 27.7. The Labute approximate surface area is 142 Å². The molecule has 1 heterocycles. The smallest absolute Gasteiger partial charge is 0.310 e. The fourth-order valence-electron chi connectivity index (χ4n) is 3.41. The summed E-state index contributed by atoms with van der Waals surface area (Å²) in [5.41, 5.74) is -1.48. The van der Waals surface area contributed by atoms with Gasteiger partial charge in [-0.25, -0.2) is 8.78 Å². The lowest BCUT2D eigenvalue weighted by Crippen LogP contribution is -2.47. The van der Waals surface area contributed by atoms with Gasteiger partial charge in [-0.3, -0.25) is 14.4 Å². The first kappa shape index (κ1) is 17.3. The van der Waals surface area contributed by atoms with Gasteiger partial charge < -0.3 is 15.3 Å². The van der Waals surface area contributed by atoms with Gasteiger partial charge in [-0.2, -0.15) is 0 Å². The molecule has 1 aliphatic carbocycles. The van der Waals surface area contributed by atoms with Crippen LogP contribution in [0.3, 0.4) is 0 Å². The predicted octanol–water partition coefficient (Wildman–Crippen LogP) is 1.83. The Morgan fingerprint density at radius 3 is 2.44 bits per heavy atom. The first-order valence-corrected chi connectivity index (χ1v) is 8.12. The Balaban J connectivity index is 1.66. The molecule has 3 rings (SSSR count). The molecule has 1 aromatic carbocycles. The first-order chi connectivity index (χ1) is 11.8. The lowest BCUT2D eigenvalue weighted by molar-refractivity contribution is -0.157. The van der Waals surface area contributed by atoms with Gasteiger partial charge in [0.2, 0.25) is 11.8 Å². The van der Waals surface area contributed by atoms with Crippen LogP contribution >= 0.6 is 0 Å². The van der Waals surface area contributed by atoms with Crippen LogP contribution in [0.15, 0.2) is 18.2 Å². The highest BCUT2D eigenvalue weighted by Gasteiger charge is 2.46. The van der Waals surface area contributed by atoms with E-state index in [1.807, 2.05) is 0 Å². The number of para-hydroxylation sites is 1. The molecule has 0 bridgehead atoms. The number of nitrogens with zero attached hydrogens (tertiary/aromatic N) is 1. The number of anilines is 1. The largest absolute Gasteiger partial charge is 0.481 e. The van der Waals surface area contributed by atoms with Crippen molar-refractivity contribution in [3.05, 3.63) is 29.8 Å². The number of carboxylic acid groups (broad SMARTS) is 1. The van der Waals surface area contributed by atoms with E-state index in [1.54, 1.807) is 0 Å². The summed E-state index contributed by atoms with van der Waals surface area (Å²) >= 11 is 0. The van der Waals surface area contributed by atoms with Crippen LogP contribution in [0, 0.1) is 17.0 Å². The van der Waals surface area contributed by atoms with Crippen LogP contribution in [-0.4, -0.2) is 35.5 Å². The van der Waals surface area contributed by atoms with Crippen LogP contribution in [0.1, 0.15) is 32.1 Å². The van der Waals surface area contributed by atoms with Gasteiger partial charge in [-0.1, -0.05) is 12.5 Å². The maximum absolute atomic E-state index is 13.8. The van der Waals surface area contributed by atoms with Crippen LogP contribution < -0.4 is 10.2 Å². The van der Waals surface area contributed by atoms with Gasteiger partial charge in [0.15, 0.2) is 0 Å². The van der Waals surface area contributed by atoms with E-state index in [0.717, 1.165) is 23.5 Å². The van der Waals surface area contributed by atoms with E-state index in [1.165, 1.54) is 6.07 Å². The van der Waals surface area contributed by atoms with Gasteiger partial charge in [-0.05, 0) is 31.4 Å². The van der Waals surface area contributed by atoms with Gasteiger partial charge in [0.1, 0.15) is 23.4 Å². The zero-order valence-corrected chi connectivity index (χ0v) is 13.4. The zero-order valence-electron chi connectivity index (χ0n) is 13.4. The quantitative estimate of drug-likeness (QED) is 0.846. The Morgan fingerprint density at radius 1 is 1.28 bits per heavy atom. The van der Waals surface area contributed by atoms with E-state index in [0.29, 0.717) is 12.8 Å². The Kier molecular flexibility index (Phi) is 4.45. The molecule has 1 saturated heterocycles. The zero-order chi connectivity index (χ0) is 18.2. The molecule has 1 aromatic rings. The molecule has 2 amide bonds.